The molecule has 0 aliphatic carbocycles. The van der Waals surface area contributed by atoms with Crippen LogP contribution in [0.15, 0.2) is 43.0 Å². The molecular formula is C18H31NO2Si. The molecule has 124 valence electrons. The molecule has 1 unspecified atom stereocenters. The van der Waals surface area contributed by atoms with Gasteiger partial charge < -0.3 is 9.63 Å². The number of nitrogens with zero attached hydrogens (tertiary/aromatic N) is 1. The minimum Gasteiger partial charge on any atom is -0.417 e. The first-order valence-electron chi connectivity index (χ1n) is 7.93. The van der Waals surface area contributed by atoms with Gasteiger partial charge in [-0.2, -0.15) is 5.06 Å². The molecule has 0 bridgehead atoms. The van der Waals surface area contributed by atoms with Crippen LogP contribution in [0.25, 0.3) is 0 Å². The summed E-state index contributed by atoms with van der Waals surface area (Å²) in [5, 5.41) is 11.8. The summed E-state index contributed by atoms with van der Waals surface area (Å²) < 4.78 is 6.18. The van der Waals surface area contributed by atoms with Crippen molar-refractivity contribution >= 4 is 8.32 Å². The molecule has 0 amide bonds. The highest BCUT2D eigenvalue weighted by atomic mass is 28.4. The SMILES string of the molecule is C=CC(CCO[Si](C)(C)C(C)(C)C)N(O)Cc1ccccc1. The van der Waals surface area contributed by atoms with E-state index in [0.29, 0.717) is 13.2 Å². The van der Waals surface area contributed by atoms with Crippen LogP contribution in [0.2, 0.25) is 18.1 Å². The fourth-order valence-electron chi connectivity index (χ4n) is 1.93. The lowest BCUT2D eigenvalue weighted by molar-refractivity contribution is -0.125. The highest BCUT2D eigenvalue weighted by molar-refractivity contribution is 6.74. The van der Waals surface area contributed by atoms with Gasteiger partial charge in [-0.25, -0.2) is 0 Å². The highest BCUT2D eigenvalue weighted by Crippen LogP contribution is 2.36. The van der Waals surface area contributed by atoms with Gasteiger partial charge >= 0.3 is 0 Å². The normalized spacial score (nSPS) is 14.1. The predicted molar refractivity (Wildman–Crippen MR) is 95.5 cm³/mol. The summed E-state index contributed by atoms with van der Waals surface area (Å²) in [5.41, 5.74) is 1.09. The van der Waals surface area contributed by atoms with Gasteiger partial charge in [-0.05, 0) is 30.1 Å². The Morgan fingerprint density at radius 3 is 2.36 bits per heavy atom. The minimum atomic E-state index is -1.73. The van der Waals surface area contributed by atoms with Crippen molar-refractivity contribution in [2.45, 2.75) is 57.9 Å². The average Bonchev–Trinajstić information content (AvgIpc) is 2.43. The van der Waals surface area contributed by atoms with E-state index in [1.54, 1.807) is 6.08 Å². The maximum atomic E-state index is 10.3. The van der Waals surface area contributed by atoms with Crippen molar-refractivity contribution in [3.05, 3.63) is 48.6 Å². The van der Waals surface area contributed by atoms with E-state index < -0.39 is 8.32 Å². The molecular weight excluding hydrogens is 290 g/mol. The Morgan fingerprint density at radius 1 is 1.27 bits per heavy atom. The molecule has 22 heavy (non-hydrogen) atoms. The zero-order valence-corrected chi connectivity index (χ0v) is 15.7. The summed E-state index contributed by atoms with van der Waals surface area (Å²) in [6.07, 6.45) is 2.54. The second-order valence-corrected chi connectivity index (χ2v) is 12.1. The lowest BCUT2D eigenvalue weighted by atomic mass is 10.1. The van der Waals surface area contributed by atoms with Crippen LogP contribution in [-0.4, -0.2) is 31.2 Å². The van der Waals surface area contributed by atoms with E-state index >= 15 is 0 Å². The average molecular weight is 322 g/mol. The fourth-order valence-corrected chi connectivity index (χ4v) is 2.99. The van der Waals surface area contributed by atoms with Crippen LogP contribution in [0.3, 0.4) is 0 Å². The van der Waals surface area contributed by atoms with E-state index in [4.69, 9.17) is 4.43 Å². The maximum absolute atomic E-state index is 10.3. The summed E-state index contributed by atoms with van der Waals surface area (Å²) in [6, 6.07) is 9.86. The van der Waals surface area contributed by atoms with Gasteiger partial charge in [0.25, 0.3) is 0 Å². The molecule has 0 saturated heterocycles. The quantitative estimate of drug-likeness (QED) is 0.422. The maximum Gasteiger partial charge on any atom is 0.191 e. The van der Waals surface area contributed by atoms with Crippen LogP contribution in [0.1, 0.15) is 32.8 Å². The molecule has 1 aromatic carbocycles. The minimum absolute atomic E-state index is 0.0926. The van der Waals surface area contributed by atoms with Crippen molar-refractivity contribution in [3.63, 3.8) is 0 Å². The second-order valence-electron chi connectivity index (χ2n) is 7.28. The molecule has 0 aliphatic rings. The number of hydroxylamine groups is 2. The van der Waals surface area contributed by atoms with E-state index in [2.05, 4.69) is 40.4 Å². The fraction of sp³-hybridized carbons (Fsp3) is 0.556. The van der Waals surface area contributed by atoms with E-state index in [0.717, 1.165) is 12.0 Å². The summed E-state index contributed by atoms with van der Waals surface area (Å²) in [6.45, 7) is 16.2. The monoisotopic (exact) mass is 321 g/mol. The number of benzene rings is 1. The van der Waals surface area contributed by atoms with Crippen molar-refractivity contribution in [2.75, 3.05) is 6.61 Å². The van der Waals surface area contributed by atoms with Gasteiger partial charge in [0, 0.05) is 13.2 Å². The molecule has 0 saturated carbocycles. The van der Waals surface area contributed by atoms with Gasteiger partial charge in [0.05, 0.1) is 6.04 Å². The lowest BCUT2D eigenvalue weighted by Gasteiger charge is -2.36. The van der Waals surface area contributed by atoms with Crippen LogP contribution in [-0.2, 0) is 11.0 Å². The number of hydrogen-bond acceptors (Lipinski definition) is 3. The Hall–Kier alpha value is -0.943. The molecule has 0 spiro atoms. The van der Waals surface area contributed by atoms with E-state index in [1.165, 1.54) is 5.06 Å². The highest BCUT2D eigenvalue weighted by Gasteiger charge is 2.37. The molecule has 0 fully saturated rings. The van der Waals surface area contributed by atoms with Gasteiger partial charge in [-0.1, -0.05) is 57.2 Å². The van der Waals surface area contributed by atoms with Crippen LogP contribution >= 0.6 is 0 Å². The molecule has 0 heterocycles. The van der Waals surface area contributed by atoms with E-state index in [9.17, 15) is 5.21 Å². The summed E-state index contributed by atoms with van der Waals surface area (Å²) in [4.78, 5) is 0. The zero-order valence-electron chi connectivity index (χ0n) is 14.7. The van der Waals surface area contributed by atoms with Crippen LogP contribution in [0.5, 0.6) is 0 Å². The first-order valence-corrected chi connectivity index (χ1v) is 10.8. The molecule has 1 rings (SSSR count). The van der Waals surface area contributed by atoms with Crippen LogP contribution in [0, 0.1) is 0 Å². The van der Waals surface area contributed by atoms with Gasteiger partial charge in [0.1, 0.15) is 0 Å². The summed E-state index contributed by atoms with van der Waals surface area (Å²) in [7, 11) is -1.73. The standard InChI is InChI=1S/C18H31NO2Si/c1-7-17(13-14-21-22(5,6)18(2,3)4)19(20)15-16-11-9-8-10-12-16/h7-12,17,20H,1,13-15H2,2-6H3. The zero-order chi connectivity index (χ0) is 16.8. The molecule has 0 aliphatic heterocycles. The van der Waals surface area contributed by atoms with Crippen molar-refractivity contribution in [3.8, 4) is 0 Å². The Morgan fingerprint density at radius 2 is 1.86 bits per heavy atom. The molecule has 0 aromatic heterocycles. The van der Waals surface area contributed by atoms with Crippen LogP contribution in [0.4, 0.5) is 0 Å². The van der Waals surface area contributed by atoms with Crippen molar-refractivity contribution in [1.82, 2.24) is 5.06 Å². The number of rotatable bonds is 8. The first kappa shape index (κ1) is 19.1. The van der Waals surface area contributed by atoms with E-state index in [-0.39, 0.29) is 11.1 Å². The Bertz CT molecular complexity index is 454. The summed E-state index contributed by atoms with van der Waals surface area (Å²) in [5.74, 6) is 0. The Labute approximate surface area is 136 Å². The molecule has 4 heteroatoms. The van der Waals surface area contributed by atoms with Crippen molar-refractivity contribution < 1.29 is 9.63 Å². The van der Waals surface area contributed by atoms with Crippen molar-refractivity contribution in [1.29, 1.82) is 0 Å². The summed E-state index contributed by atoms with van der Waals surface area (Å²) >= 11 is 0. The van der Waals surface area contributed by atoms with E-state index in [1.807, 2.05) is 30.3 Å². The van der Waals surface area contributed by atoms with Gasteiger partial charge in [-0.15, -0.1) is 6.58 Å². The first-order chi connectivity index (χ1) is 10.2. The molecule has 1 aromatic rings. The molecule has 0 radical (unpaired) electrons. The Kier molecular flexibility index (Phi) is 7.00. The molecule has 1 atom stereocenters. The third-order valence-corrected chi connectivity index (χ3v) is 9.06. The Balaban J connectivity index is 2.50. The topological polar surface area (TPSA) is 32.7 Å². The molecule has 3 nitrogen and oxygen atoms in total. The smallest absolute Gasteiger partial charge is 0.191 e. The largest absolute Gasteiger partial charge is 0.417 e. The third kappa shape index (κ3) is 5.69. The number of hydrogen-bond donors (Lipinski definition) is 1. The predicted octanol–water partition coefficient (Wildman–Crippen LogP) is 4.84. The van der Waals surface area contributed by atoms with Gasteiger partial charge in [0.2, 0.25) is 0 Å². The van der Waals surface area contributed by atoms with Gasteiger partial charge in [0.15, 0.2) is 8.32 Å². The second kappa shape index (κ2) is 8.06. The third-order valence-electron chi connectivity index (χ3n) is 4.53. The lowest BCUT2D eigenvalue weighted by Crippen LogP contribution is -2.42. The molecule has 1 N–H and O–H groups in total. The van der Waals surface area contributed by atoms with Gasteiger partial charge in [-0.3, -0.25) is 0 Å². The van der Waals surface area contributed by atoms with Crippen LogP contribution < -0.4 is 0 Å². The van der Waals surface area contributed by atoms with Crippen molar-refractivity contribution in [2.24, 2.45) is 0 Å².